The smallest absolute Gasteiger partial charge is 0.220 e. The Hall–Kier alpha value is -1.71. The maximum atomic E-state index is 11.3. The van der Waals surface area contributed by atoms with Crippen molar-refractivity contribution in [2.75, 3.05) is 20.3 Å². The predicted molar refractivity (Wildman–Crippen MR) is 92.2 cm³/mol. The molecule has 1 N–H and O–H groups in total. The van der Waals surface area contributed by atoms with Crippen LogP contribution in [-0.2, 0) is 4.79 Å². The van der Waals surface area contributed by atoms with Crippen molar-refractivity contribution >= 4 is 5.91 Å². The monoisotopic (exact) mass is 319 g/mol. The lowest BCUT2D eigenvalue weighted by Gasteiger charge is -2.23. The minimum atomic E-state index is 0.151. The first kappa shape index (κ1) is 17.6. The first-order chi connectivity index (χ1) is 11.2. The summed E-state index contributed by atoms with van der Waals surface area (Å²) in [5, 5.41) is 2.94. The predicted octanol–water partition coefficient (Wildman–Crippen LogP) is 4.04. The van der Waals surface area contributed by atoms with Gasteiger partial charge in [0, 0.05) is 18.9 Å². The van der Waals surface area contributed by atoms with Gasteiger partial charge in [0.05, 0.1) is 13.7 Å². The van der Waals surface area contributed by atoms with Crippen LogP contribution in [0.3, 0.4) is 0 Å². The van der Waals surface area contributed by atoms with Gasteiger partial charge in [-0.1, -0.05) is 38.7 Å². The van der Waals surface area contributed by atoms with Crippen molar-refractivity contribution in [1.82, 2.24) is 5.32 Å². The highest BCUT2D eigenvalue weighted by Gasteiger charge is 2.20. The molecule has 0 unspecified atom stereocenters. The highest BCUT2D eigenvalue weighted by Crippen LogP contribution is 2.33. The first-order valence-corrected chi connectivity index (χ1v) is 8.82. The van der Waals surface area contributed by atoms with Crippen LogP contribution in [0.15, 0.2) is 18.2 Å². The molecule has 0 radical (unpaired) electrons. The Balaban J connectivity index is 1.91. The van der Waals surface area contributed by atoms with Crippen molar-refractivity contribution in [3.8, 4) is 11.5 Å². The van der Waals surface area contributed by atoms with Gasteiger partial charge in [-0.2, -0.15) is 0 Å². The van der Waals surface area contributed by atoms with E-state index in [9.17, 15) is 4.79 Å². The number of methoxy groups -OCH3 is 1. The number of hydrogen-bond donors (Lipinski definition) is 1. The van der Waals surface area contributed by atoms with E-state index in [-0.39, 0.29) is 5.91 Å². The van der Waals surface area contributed by atoms with Crippen molar-refractivity contribution in [2.45, 2.75) is 57.8 Å². The van der Waals surface area contributed by atoms with E-state index in [0.717, 1.165) is 30.9 Å². The molecule has 0 aromatic heterocycles. The van der Waals surface area contributed by atoms with Crippen molar-refractivity contribution in [3.63, 3.8) is 0 Å². The summed E-state index contributed by atoms with van der Waals surface area (Å²) in [6.45, 7) is 3.66. The zero-order valence-electron chi connectivity index (χ0n) is 14.4. The van der Waals surface area contributed by atoms with Gasteiger partial charge in [0.2, 0.25) is 5.91 Å². The van der Waals surface area contributed by atoms with Gasteiger partial charge in [-0.05, 0) is 30.5 Å². The molecule has 1 heterocycles. The molecule has 1 saturated heterocycles. The molecule has 1 atom stereocenters. The summed E-state index contributed by atoms with van der Waals surface area (Å²) in [5.41, 5.74) is 1.21. The van der Waals surface area contributed by atoms with Crippen molar-refractivity contribution in [1.29, 1.82) is 0 Å². The Labute approximate surface area is 139 Å². The lowest BCUT2D eigenvalue weighted by molar-refractivity contribution is -0.122. The normalized spacial score (nSPS) is 17.7. The number of benzene rings is 1. The Morgan fingerprint density at radius 3 is 2.70 bits per heavy atom. The summed E-state index contributed by atoms with van der Waals surface area (Å²) in [6.07, 6.45) is 7.62. The summed E-state index contributed by atoms with van der Waals surface area (Å²) < 4.78 is 11.4. The summed E-state index contributed by atoms with van der Waals surface area (Å²) >= 11 is 0. The van der Waals surface area contributed by atoms with Gasteiger partial charge < -0.3 is 14.8 Å². The van der Waals surface area contributed by atoms with E-state index >= 15 is 0 Å². The highest BCUT2D eigenvalue weighted by atomic mass is 16.5. The molecule has 128 valence electrons. The number of hydrogen-bond acceptors (Lipinski definition) is 3. The third-order valence-corrected chi connectivity index (χ3v) is 4.43. The lowest BCUT2D eigenvalue weighted by Crippen LogP contribution is -2.33. The van der Waals surface area contributed by atoms with Crippen LogP contribution in [0.1, 0.15) is 63.4 Å². The molecule has 1 fully saturated rings. The minimum absolute atomic E-state index is 0.151. The molecule has 1 aliphatic heterocycles. The number of nitrogens with one attached hydrogen (secondary N) is 1. The summed E-state index contributed by atoms with van der Waals surface area (Å²) in [7, 11) is 1.67. The average Bonchev–Trinajstić information content (AvgIpc) is 2.58. The second kappa shape index (κ2) is 9.43. The van der Waals surface area contributed by atoms with Crippen molar-refractivity contribution < 1.29 is 14.3 Å². The van der Waals surface area contributed by atoms with E-state index in [1.165, 1.54) is 31.2 Å². The van der Waals surface area contributed by atoms with Crippen LogP contribution < -0.4 is 14.8 Å². The second-order valence-corrected chi connectivity index (χ2v) is 6.21. The quantitative estimate of drug-likeness (QED) is 0.699. The Bertz CT molecular complexity index is 491. The first-order valence-electron chi connectivity index (χ1n) is 8.82. The molecule has 1 amide bonds. The van der Waals surface area contributed by atoms with Crippen LogP contribution in [0.5, 0.6) is 11.5 Å². The standard InChI is InChI=1S/C19H29NO3/c1-3-4-5-6-7-12-23-18-13-15(8-10-17(18)22-2)16-9-11-19(21)20-14-16/h8,10,13,16H,3-7,9,11-12,14H2,1-2H3,(H,20,21)/t16-/m1/s1. The molecule has 0 aliphatic carbocycles. The van der Waals surface area contributed by atoms with Gasteiger partial charge in [0.1, 0.15) is 0 Å². The number of piperidine rings is 1. The van der Waals surface area contributed by atoms with E-state index in [0.29, 0.717) is 18.9 Å². The molecule has 4 heteroatoms. The van der Waals surface area contributed by atoms with Gasteiger partial charge in [0.25, 0.3) is 0 Å². The summed E-state index contributed by atoms with van der Waals surface area (Å²) in [4.78, 5) is 11.3. The SMILES string of the molecule is CCCCCCCOc1cc([C@@H]2CCC(=O)NC2)ccc1OC. The fourth-order valence-corrected chi connectivity index (χ4v) is 2.97. The van der Waals surface area contributed by atoms with Crippen molar-refractivity contribution in [2.24, 2.45) is 0 Å². The second-order valence-electron chi connectivity index (χ2n) is 6.21. The van der Waals surface area contributed by atoms with E-state index in [1.807, 2.05) is 6.07 Å². The van der Waals surface area contributed by atoms with Crippen LogP contribution >= 0.6 is 0 Å². The molecular formula is C19H29NO3. The topological polar surface area (TPSA) is 47.6 Å². The number of rotatable bonds is 9. The number of unbranched alkanes of at least 4 members (excludes halogenated alkanes) is 4. The molecule has 1 aliphatic rings. The van der Waals surface area contributed by atoms with E-state index in [4.69, 9.17) is 9.47 Å². The fraction of sp³-hybridized carbons (Fsp3) is 0.632. The number of carbonyl (C=O) groups excluding carboxylic acids is 1. The third-order valence-electron chi connectivity index (χ3n) is 4.43. The summed E-state index contributed by atoms with van der Waals surface area (Å²) in [6, 6.07) is 6.13. The Kier molecular flexibility index (Phi) is 7.24. The zero-order valence-corrected chi connectivity index (χ0v) is 14.4. The lowest BCUT2D eigenvalue weighted by atomic mass is 9.91. The number of carbonyl (C=O) groups is 1. The van der Waals surface area contributed by atoms with Crippen LogP contribution in [0.4, 0.5) is 0 Å². The van der Waals surface area contributed by atoms with E-state index < -0.39 is 0 Å². The minimum Gasteiger partial charge on any atom is -0.493 e. The van der Waals surface area contributed by atoms with Gasteiger partial charge in [0.15, 0.2) is 11.5 Å². The van der Waals surface area contributed by atoms with Gasteiger partial charge in [-0.25, -0.2) is 0 Å². The summed E-state index contributed by atoms with van der Waals surface area (Å²) in [5.74, 6) is 2.11. The van der Waals surface area contributed by atoms with Crippen LogP contribution in [0.25, 0.3) is 0 Å². The van der Waals surface area contributed by atoms with E-state index in [1.54, 1.807) is 7.11 Å². The molecule has 23 heavy (non-hydrogen) atoms. The molecule has 1 aromatic carbocycles. The Morgan fingerprint density at radius 1 is 1.17 bits per heavy atom. The Morgan fingerprint density at radius 2 is 2.00 bits per heavy atom. The number of amides is 1. The molecule has 0 saturated carbocycles. The largest absolute Gasteiger partial charge is 0.493 e. The van der Waals surface area contributed by atoms with E-state index in [2.05, 4.69) is 24.4 Å². The van der Waals surface area contributed by atoms with Gasteiger partial charge in [-0.15, -0.1) is 0 Å². The molecular weight excluding hydrogens is 290 g/mol. The van der Waals surface area contributed by atoms with Crippen LogP contribution in [0, 0.1) is 0 Å². The maximum absolute atomic E-state index is 11.3. The van der Waals surface area contributed by atoms with Crippen molar-refractivity contribution in [3.05, 3.63) is 23.8 Å². The molecule has 1 aromatic rings. The highest BCUT2D eigenvalue weighted by molar-refractivity contribution is 5.76. The average molecular weight is 319 g/mol. The zero-order chi connectivity index (χ0) is 16.5. The van der Waals surface area contributed by atoms with Gasteiger partial charge in [-0.3, -0.25) is 4.79 Å². The van der Waals surface area contributed by atoms with Crippen LogP contribution in [0.2, 0.25) is 0 Å². The molecule has 0 spiro atoms. The fourth-order valence-electron chi connectivity index (χ4n) is 2.97. The molecule has 4 nitrogen and oxygen atoms in total. The van der Waals surface area contributed by atoms with Crippen LogP contribution in [-0.4, -0.2) is 26.2 Å². The maximum Gasteiger partial charge on any atom is 0.220 e. The third kappa shape index (κ3) is 5.45. The number of ether oxygens (including phenoxy) is 2. The molecule has 2 rings (SSSR count). The molecule has 0 bridgehead atoms. The van der Waals surface area contributed by atoms with Gasteiger partial charge >= 0.3 is 0 Å².